The number of nitrogens with one attached hydrogen (secondary N) is 1. The van der Waals surface area contributed by atoms with Gasteiger partial charge in [0, 0.05) is 62.4 Å². The fraction of sp³-hybridized carbons (Fsp3) is 0.550. The Kier molecular flexibility index (Phi) is 4.20. The Balaban J connectivity index is 1.30. The maximum atomic E-state index is 12.3. The van der Waals surface area contributed by atoms with Gasteiger partial charge in [-0.2, -0.15) is 0 Å². The fourth-order valence-electron chi connectivity index (χ4n) is 4.22. The molecule has 5 nitrogen and oxygen atoms in total. The quantitative estimate of drug-likeness (QED) is 0.933. The topological polar surface area (TPSA) is 46.5 Å². The Morgan fingerprint density at radius 2 is 2.04 bits per heavy atom. The first-order valence-electron chi connectivity index (χ1n) is 9.21. The number of likely N-dealkylation sites (tertiary alicyclic amines) is 1. The van der Waals surface area contributed by atoms with Crippen LogP contribution >= 0.6 is 0 Å². The minimum Gasteiger partial charge on any atom is -0.381 e. The molecule has 0 unspecified atom stereocenters. The highest BCUT2D eigenvalue weighted by atomic mass is 16.5. The van der Waals surface area contributed by atoms with Gasteiger partial charge in [0.25, 0.3) is 0 Å². The number of aromatic nitrogens is 1. The highest BCUT2D eigenvalue weighted by Crippen LogP contribution is 2.39. The molecule has 2 saturated heterocycles. The Morgan fingerprint density at radius 1 is 1.28 bits per heavy atom. The molecule has 2 aliphatic heterocycles. The summed E-state index contributed by atoms with van der Waals surface area (Å²) in [5.41, 5.74) is 4.16. The van der Waals surface area contributed by atoms with Crippen LogP contribution in [0.5, 0.6) is 0 Å². The number of hydrogen-bond acceptors (Lipinski definition) is 2. The smallest absolute Gasteiger partial charge is 0.317 e. The van der Waals surface area contributed by atoms with Crippen molar-refractivity contribution >= 4 is 16.9 Å². The molecule has 2 aliphatic rings. The van der Waals surface area contributed by atoms with Crippen LogP contribution in [0, 0.1) is 12.3 Å². The lowest BCUT2D eigenvalue weighted by Gasteiger charge is -2.51. The largest absolute Gasteiger partial charge is 0.381 e. The van der Waals surface area contributed by atoms with Gasteiger partial charge >= 0.3 is 6.03 Å². The number of urea groups is 1. The van der Waals surface area contributed by atoms with Crippen molar-refractivity contribution in [3.63, 3.8) is 0 Å². The number of ether oxygens (including phenoxy) is 1. The molecule has 2 amide bonds. The van der Waals surface area contributed by atoms with E-state index in [2.05, 4.69) is 48.3 Å². The van der Waals surface area contributed by atoms with Crippen molar-refractivity contribution in [3.05, 3.63) is 35.5 Å². The van der Waals surface area contributed by atoms with E-state index >= 15 is 0 Å². The Labute approximate surface area is 148 Å². The Hall–Kier alpha value is -2.01. The molecule has 2 aromatic rings. The van der Waals surface area contributed by atoms with E-state index < -0.39 is 0 Å². The van der Waals surface area contributed by atoms with Gasteiger partial charge in [-0.05, 0) is 43.4 Å². The number of carbonyl (C=O) groups is 1. The van der Waals surface area contributed by atoms with E-state index in [4.69, 9.17) is 4.74 Å². The summed E-state index contributed by atoms with van der Waals surface area (Å²) in [6.45, 7) is 6.25. The zero-order valence-electron chi connectivity index (χ0n) is 15.2. The van der Waals surface area contributed by atoms with Gasteiger partial charge < -0.3 is 19.5 Å². The molecule has 5 heteroatoms. The highest BCUT2D eigenvalue weighted by Gasteiger charge is 2.45. The van der Waals surface area contributed by atoms with Crippen molar-refractivity contribution in [1.82, 2.24) is 14.8 Å². The zero-order chi connectivity index (χ0) is 17.4. The number of aryl methyl sites for hydroxylation is 2. The lowest BCUT2D eigenvalue weighted by Crippen LogP contribution is -2.62. The summed E-state index contributed by atoms with van der Waals surface area (Å²) < 4.78 is 7.60. The average molecular weight is 341 g/mol. The van der Waals surface area contributed by atoms with Crippen LogP contribution in [0.4, 0.5) is 4.79 Å². The Morgan fingerprint density at radius 3 is 2.80 bits per heavy atom. The van der Waals surface area contributed by atoms with E-state index in [1.807, 2.05) is 4.90 Å². The molecule has 0 radical (unpaired) electrons. The molecule has 1 aromatic heterocycles. The van der Waals surface area contributed by atoms with Gasteiger partial charge in [-0.25, -0.2) is 4.79 Å². The summed E-state index contributed by atoms with van der Waals surface area (Å²) in [6.07, 6.45) is 5.22. The predicted molar refractivity (Wildman–Crippen MR) is 98.8 cm³/mol. The van der Waals surface area contributed by atoms with Crippen molar-refractivity contribution < 1.29 is 9.53 Å². The van der Waals surface area contributed by atoms with Gasteiger partial charge in [-0.3, -0.25) is 0 Å². The maximum Gasteiger partial charge on any atom is 0.317 e. The monoisotopic (exact) mass is 341 g/mol. The summed E-state index contributed by atoms with van der Waals surface area (Å²) in [4.78, 5) is 14.3. The number of amides is 2. The van der Waals surface area contributed by atoms with Crippen LogP contribution in [-0.4, -0.2) is 48.3 Å². The summed E-state index contributed by atoms with van der Waals surface area (Å²) in [5, 5.41) is 4.37. The summed E-state index contributed by atoms with van der Waals surface area (Å²) >= 11 is 0. The Bertz CT molecular complexity index is 782. The molecule has 1 spiro atoms. The first-order valence-corrected chi connectivity index (χ1v) is 9.21. The molecule has 4 rings (SSSR count). The van der Waals surface area contributed by atoms with Crippen molar-refractivity contribution in [1.29, 1.82) is 0 Å². The number of rotatable bonds is 3. The summed E-state index contributed by atoms with van der Waals surface area (Å²) in [5.74, 6) is 0. The third kappa shape index (κ3) is 3.13. The normalized spacial score (nSPS) is 19.2. The van der Waals surface area contributed by atoms with Gasteiger partial charge in [-0.1, -0.05) is 12.1 Å². The average Bonchev–Trinajstić information content (AvgIpc) is 2.89. The first kappa shape index (κ1) is 16.5. The molecule has 0 saturated carbocycles. The van der Waals surface area contributed by atoms with Gasteiger partial charge in [0.15, 0.2) is 0 Å². The number of benzene rings is 1. The summed E-state index contributed by atoms with van der Waals surface area (Å²) in [6, 6.07) is 6.63. The fourth-order valence-corrected chi connectivity index (χ4v) is 4.22. The lowest BCUT2D eigenvalue weighted by molar-refractivity contribution is -0.0615. The van der Waals surface area contributed by atoms with Crippen LogP contribution in [0.25, 0.3) is 10.9 Å². The number of hydrogen-bond donors (Lipinski definition) is 1. The second-order valence-corrected chi connectivity index (χ2v) is 7.74. The predicted octanol–water partition coefficient (Wildman–Crippen LogP) is 2.85. The van der Waals surface area contributed by atoms with E-state index in [0.717, 1.165) is 45.6 Å². The lowest BCUT2D eigenvalue weighted by atomic mass is 9.73. The van der Waals surface area contributed by atoms with E-state index in [9.17, 15) is 4.79 Å². The van der Waals surface area contributed by atoms with E-state index in [1.54, 1.807) is 0 Å². The molecule has 1 N–H and O–H groups in total. The molecule has 2 fully saturated rings. The van der Waals surface area contributed by atoms with Gasteiger partial charge in [0.1, 0.15) is 0 Å². The molecule has 3 heterocycles. The molecule has 134 valence electrons. The highest BCUT2D eigenvalue weighted by molar-refractivity contribution is 5.84. The molecule has 0 bridgehead atoms. The third-order valence-electron chi connectivity index (χ3n) is 5.79. The van der Waals surface area contributed by atoms with E-state index in [-0.39, 0.29) is 6.03 Å². The van der Waals surface area contributed by atoms with Gasteiger partial charge in [-0.15, -0.1) is 0 Å². The van der Waals surface area contributed by atoms with Crippen LogP contribution < -0.4 is 5.32 Å². The van der Waals surface area contributed by atoms with Crippen molar-refractivity contribution in [2.45, 2.75) is 26.2 Å². The molecule has 1 aromatic carbocycles. The van der Waals surface area contributed by atoms with E-state index in [0.29, 0.717) is 12.0 Å². The second kappa shape index (κ2) is 6.37. The molecule has 0 atom stereocenters. The van der Waals surface area contributed by atoms with Crippen LogP contribution in [-0.2, 0) is 18.2 Å². The minimum atomic E-state index is 0.0770. The third-order valence-corrected chi connectivity index (χ3v) is 5.79. The first-order chi connectivity index (χ1) is 12.1. The van der Waals surface area contributed by atoms with Crippen molar-refractivity contribution in [3.8, 4) is 0 Å². The van der Waals surface area contributed by atoms with Crippen molar-refractivity contribution in [2.75, 3.05) is 32.8 Å². The molecule has 25 heavy (non-hydrogen) atoms. The van der Waals surface area contributed by atoms with Crippen LogP contribution in [0.1, 0.15) is 24.0 Å². The molecule has 0 aliphatic carbocycles. The summed E-state index contributed by atoms with van der Waals surface area (Å²) in [7, 11) is 2.08. The van der Waals surface area contributed by atoms with Crippen LogP contribution in [0.15, 0.2) is 24.4 Å². The SMILES string of the molecule is Cc1ccc2c(CCNC(=O)N3CC4(CCOCC4)C3)cn(C)c2c1. The maximum absolute atomic E-state index is 12.3. The van der Waals surface area contributed by atoms with Crippen LogP contribution in [0.3, 0.4) is 0 Å². The van der Waals surface area contributed by atoms with Gasteiger partial charge in [0.2, 0.25) is 0 Å². The van der Waals surface area contributed by atoms with Crippen LogP contribution in [0.2, 0.25) is 0 Å². The second-order valence-electron chi connectivity index (χ2n) is 7.74. The van der Waals surface area contributed by atoms with Gasteiger partial charge in [0.05, 0.1) is 0 Å². The zero-order valence-corrected chi connectivity index (χ0v) is 15.2. The number of nitrogens with zero attached hydrogens (tertiary/aromatic N) is 2. The minimum absolute atomic E-state index is 0.0770. The van der Waals surface area contributed by atoms with E-state index in [1.165, 1.54) is 22.0 Å². The number of carbonyl (C=O) groups excluding carboxylic acids is 1. The van der Waals surface area contributed by atoms with Crippen molar-refractivity contribution in [2.24, 2.45) is 12.5 Å². The standard InChI is InChI=1S/C20H27N3O2/c1-15-3-4-17-16(12-22(2)18(17)11-15)5-8-21-19(24)23-13-20(14-23)6-9-25-10-7-20/h3-4,11-12H,5-10,13-14H2,1-2H3,(H,21,24). The number of fused-ring (bicyclic) bond motifs is 1. The molecular formula is C20H27N3O2. The molecular weight excluding hydrogens is 314 g/mol.